The standard InChI is InChI=1S/C22H26N4O.C7H17N.C2H6/c1-5-7-22(26-21-9-6-8-18(14-21)15-23-4)25-17(3)24-20-12-10-19(11-13-20)16(2)27;1-4-6-8(3)7-5-2;1-2/h5-14,23,26H,1,15H2,2-4H3,(H,24,25);4-7H2,1-3H3;1-2H3/b22-7+;;. The van der Waals surface area contributed by atoms with Gasteiger partial charge in [-0.3, -0.25) is 4.79 Å². The quantitative estimate of drug-likeness (QED) is 0.121. The summed E-state index contributed by atoms with van der Waals surface area (Å²) in [6, 6.07) is 15.5. The fraction of sp³-hybridized carbons (Fsp3) is 0.419. The zero-order valence-electron chi connectivity index (χ0n) is 24.3. The van der Waals surface area contributed by atoms with Gasteiger partial charge in [-0.1, -0.05) is 52.5 Å². The van der Waals surface area contributed by atoms with E-state index in [1.54, 1.807) is 25.1 Å². The van der Waals surface area contributed by atoms with Crippen LogP contribution in [0.25, 0.3) is 0 Å². The number of Topliss-reactive ketones (excluding diaryl/α,β-unsaturated/α-hetero) is 1. The van der Waals surface area contributed by atoms with E-state index < -0.39 is 0 Å². The van der Waals surface area contributed by atoms with Gasteiger partial charge in [0, 0.05) is 23.5 Å². The average molecular weight is 508 g/mol. The van der Waals surface area contributed by atoms with Gasteiger partial charge in [0.05, 0.1) is 0 Å². The Morgan fingerprint density at radius 2 is 1.59 bits per heavy atom. The normalized spacial score (nSPS) is 11.1. The number of allylic oxidation sites excluding steroid dienone is 2. The topological polar surface area (TPSA) is 68.8 Å². The average Bonchev–Trinajstić information content (AvgIpc) is 2.87. The summed E-state index contributed by atoms with van der Waals surface area (Å²) in [7, 11) is 4.10. The first kappa shape index (κ1) is 33.8. The van der Waals surface area contributed by atoms with Crippen LogP contribution in [0.2, 0.25) is 0 Å². The summed E-state index contributed by atoms with van der Waals surface area (Å²) in [5.74, 6) is 1.45. The Labute approximate surface area is 226 Å². The third-order valence-corrected chi connectivity index (χ3v) is 4.97. The van der Waals surface area contributed by atoms with Crippen molar-refractivity contribution in [2.75, 3.05) is 37.8 Å². The van der Waals surface area contributed by atoms with Crippen LogP contribution >= 0.6 is 0 Å². The molecule has 0 spiro atoms. The number of nitrogens with zero attached hydrogens (tertiary/aromatic N) is 2. The molecule has 2 rings (SSSR count). The van der Waals surface area contributed by atoms with Gasteiger partial charge in [-0.05, 0) is 102 Å². The van der Waals surface area contributed by atoms with Gasteiger partial charge in [-0.25, -0.2) is 4.99 Å². The van der Waals surface area contributed by atoms with E-state index >= 15 is 0 Å². The minimum Gasteiger partial charge on any atom is -0.344 e. The van der Waals surface area contributed by atoms with Crippen LogP contribution in [-0.2, 0) is 6.54 Å². The number of hydrogen-bond donors (Lipinski definition) is 3. The van der Waals surface area contributed by atoms with Gasteiger partial charge >= 0.3 is 0 Å². The van der Waals surface area contributed by atoms with E-state index in [2.05, 4.69) is 65.4 Å². The number of nitrogens with one attached hydrogen (secondary N) is 3. The molecule has 0 heterocycles. The van der Waals surface area contributed by atoms with E-state index in [1.165, 1.54) is 31.5 Å². The maximum Gasteiger partial charge on any atom is 0.159 e. The first-order valence-electron chi connectivity index (χ1n) is 13.3. The van der Waals surface area contributed by atoms with Crippen LogP contribution in [0.1, 0.15) is 70.3 Å². The number of carbonyl (C=O) groups excluding carboxylic acids is 1. The fourth-order valence-electron chi connectivity index (χ4n) is 3.41. The first-order valence-corrected chi connectivity index (χ1v) is 13.3. The van der Waals surface area contributed by atoms with E-state index in [-0.39, 0.29) is 5.78 Å². The van der Waals surface area contributed by atoms with Gasteiger partial charge < -0.3 is 20.9 Å². The van der Waals surface area contributed by atoms with E-state index in [4.69, 9.17) is 0 Å². The number of benzene rings is 2. The molecular weight excluding hydrogens is 458 g/mol. The molecule has 204 valence electrons. The lowest BCUT2D eigenvalue weighted by atomic mass is 10.1. The summed E-state index contributed by atoms with van der Waals surface area (Å²) in [5, 5.41) is 9.68. The molecule has 0 radical (unpaired) electrons. The molecule has 0 unspecified atom stereocenters. The molecule has 2 aromatic rings. The summed E-state index contributed by atoms with van der Waals surface area (Å²) in [5.41, 5.74) is 3.70. The molecule has 0 aliphatic heterocycles. The smallest absolute Gasteiger partial charge is 0.159 e. The monoisotopic (exact) mass is 507 g/mol. The lowest BCUT2D eigenvalue weighted by Crippen LogP contribution is -2.19. The molecule has 0 aliphatic rings. The molecule has 37 heavy (non-hydrogen) atoms. The highest BCUT2D eigenvalue weighted by atomic mass is 16.1. The minimum absolute atomic E-state index is 0.0489. The molecule has 0 aromatic heterocycles. The summed E-state index contributed by atoms with van der Waals surface area (Å²) in [6.07, 6.45) is 6.06. The Kier molecular flexibility index (Phi) is 19.1. The second kappa shape index (κ2) is 20.9. The molecule has 0 fully saturated rings. The van der Waals surface area contributed by atoms with E-state index in [0.29, 0.717) is 11.4 Å². The highest BCUT2D eigenvalue weighted by molar-refractivity contribution is 5.96. The zero-order valence-corrected chi connectivity index (χ0v) is 24.3. The number of carbonyl (C=O) groups is 1. The highest BCUT2D eigenvalue weighted by Gasteiger charge is 2.02. The maximum atomic E-state index is 11.4. The molecule has 0 saturated carbocycles. The van der Waals surface area contributed by atoms with Gasteiger partial charge in [0.15, 0.2) is 5.78 Å². The van der Waals surface area contributed by atoms with Crippen LogP contribution in [-0.4, -0.2) is 43.7 Å². The van der Waals surface area contributed by atoms with Crippen molar-refractivity contribution in [2.45, 2.75) is 60.9 Å². The van der Waals surface area contributed by atoms with Crippen molar-refractivity contribution in [1.29, 1.82) is 0 Å². The van der Waals surface area contributed by atoms with E-state index in [9.17, 15) is 4.79 Å². The summed E-state index contributed by atoms with van der Waals surface area (Å²) in [6.45, 7) is 18.9. The Morgan fingerprint density at radius 3 is 2.11 bits per heavy atom. The third-order valence-electron chi connectivity index (χ3n) is 4.97. The van der Waals surface area contributed by atoms with Crippen LogP contribution in [0.15, 0.2) is 78.1 Å². The number of ketones is 1. The van der Waals surface area contributed by atoms with Crippen LogP contribution in [0.5, 0.6) is 0 Å². The van der Waals surface area contributed by atoms with Crippen molar-refractivity contribution >= 4 is 23.0 Å². The van der Waals surface area contributed by atoms with Crippen molar-refractivity contribution < 1.29 is 4.79 Å². The van der Waals surface area contributed by atoms with Crippen LogP contribution in [0.4, 0.5) is 11.4 Å². The van der Waals surface area contributed by atoms with Crippen LogP contribution < -0.4 is 16.0 Å². The second-order valence-corrected chi connectivity index (χ2v) is 8.40. The predicted octanol–water partition coefficient (Wildman–Crippen LogP) is 7.34. The molecule has 0 atom stereocenters. The van der Waals surface area contributed by atoms with Crippen molar-refractivity contribution in [3.05, 3.63) is 84.2 Å². The van der Waals surface area contributed by atoms with Crippen molar-refractivity contribution in [2.24, 2.45) is 4.99 Å². The number of anilines is 2. The van der Waals surface area contributed by atoms with Crippen molar-refractivity contribution in [3.63, 3.8) is 0 Å². The third kappa shape index (κ3) is 15.5. The minimum atomic E-state index is 0.0489. The summed E-state index contributed by atoms with van der Waals surface area (Å²) in [4.78, 5) is 18.3. The van der Waals surface area contributed by atoms with Gasteiger partial charge in [0.25, 0.3) is 0 Å². The lowest BCUT2D eigenvalue weighted by Gasteiger charge is -2.12. The molecular formula is C31H49N5O. The molecule has 2 aromatic carbocycles. The summed E-state index contributed by atoms with van der Waals surface area (Å²) >= 11 is 0. The molecule has 0 bridgehead atoms. The lowest BCUT2D eigenvalue weighted by molar-refractivity contribution is 0.101. The first-order chi connectivity index (χ1) is 17.8. The maximum absolute atomic E-state index is 11.4. The Bertz CT molecular complexity index is 958. The van der Waals surface area contributed by atoms with Crippen molar-refractivity contribution in [1.82, 2.24) is 10.2 Å². The largest absolute Gasteiger partial charge is 0.344 e. The highest BCUT2D eigenvalue weighted by Crippen LogP contribution is 2.15. The molecule has 0 amide bonds. The number of hydrogen-bond acceptors (Lipinski definition) is 5. The Hall–Kier alpha value is -3.22. The van der Waals surface area contributed by atoms with Gasteiger partial charge in [-0.15, -0.1) is 0 Å². The van der Waals surface area contributed by atoms with Crippen LogP contribution in [0.3, 0.4) is 0 Å². The fourth-order valence-corrected chi connectivity index (χ4v) is 3.41. The number of aliphatic imine (C=N–C) groups is 1. The van der Waals surface area contributed by atoms with E-state index in [0.717, 1.165) is 23.8 Å². The Morgan fingerprint density at radius 1 is 0.973 bits per heavy atom. The summed E-state index contributed by atoms with van der Waals surface area (Å²) < 4.78 is 0. The predicted molar refractivity (Wildman–Crippen MR) is 164 cm³/mol. The molecule has 6 heteroatoms. The van der Waals surface area contributed by atoms with Crippen molar-refractivity contribution in [3.8, 4) is 0 Å². The second-order valence-electron chi connectivity index (χ2n) is 8.40. The Balaban J connectivity index is 0.00000111. The zero-order chi connectivity index (χ0) is 28.1. The molecule has 0 aliphatic carbocycles. The van der Waals surface area contributed by atoms with Gasteiger partial charge in [0.1, 0.15) is 11.7 Å². The number of rotatable bonds is 12. The SMILES string of the molecule is C=C/C=C(\N=C(/C)Nc1ccc(C(C)=O)cc1)Nc1cccc(CNC)c1.CC.CCCN(C)CCC. The van der Waals surface area contributed by atoms with Gasteiger partial charge in [0.2, 0.25) is 0 Å². The molecule has 3 N–H and O–H groups in total. The number of amidine groups is 1. The van der Waals surface area contributed by atoms with Crippen LogP contribution in [0, 0.1) is 0 Å². The molecule has 0 saturated heterocycles. The van der Waals surface area contributed by atoms with E-state index in [1.807, 2.05) is 58.2 Å². The van der Waals surface area contributed by atoms with Gasteiger partial charge in [-0.2, -0.15) is 0 Å². The molecule has 6 nitrogen and oxygen atoms in total.